The molecule has 0 aliphatic carbocycles. The Morgan fingerprint density at radius 2 is 1.62 bits per heavy atom. The zero-order valence-electron chi connectivity index (χ0n) is 15.0. The number of anilines is 2. The van der Waals surface area contributed by atoms with E-state index in [0.717, 1.165) is 20.2 Å². The summed E-state index contributed by atoms with van der Waals surface area (Å²) in [6.07, 6.45) is 0. The van der Waals surface area contributed by atoms with Gasteiger partial charge >= 0.3 is 0 Å². The van der Waals surface area contributed by atoms with Gasteiger partial charge < -0.3 is 15.4 Å². The van der Waals surface area contributed by atoms with Crippen LogP contribution in [0.4, 0.5) is 11.4 Å². The predicted octanol–water partition coefficient (Wildman–Crippen LogP) is 7.15. The van der Waals surface area contributed by atoms with Crippen LogP contribution in [0.5, 0.6) is 5.75 Å². The second-order valence-electron chi connectivity index (χ2n) is 6.09. The van der Waals surface area contributed by atoms with Crippen LogP contribution in [0.15, 0.2) is 69.6 Å². The minimum atomic E-state index is -0.253. The van der Waals surface area contributed by atoms with Crippen molar-refractivity contribution in [2.45, 2.75) is 6.54 Å². The third kappa shape index (κ3) is 6.64. The SMILES string of the molecule is O=C(COc1ccc(CNc2ccc(Br)c(Cl)c2)cc1Br)Nc1ccc(Cl)cc1. The number of nitrogens with one attached hydrogen (secondary N) is 2. The highest BCUT2D eigenvalue weighted by Gasteiger charge is 2.08. The molecule has 0 radical (unpaired) electrons. The van der Waals surface area contributed by atoms with Gasteiger partial charge in [0, 0.05) is 27.4 Å². The zero-order chi connectivity index (χ0) is 20.8. The van der Waals surface area contributed by atoms with Crippen LogP contribution in [-0.2, 0) is 11.3 Å². The minimum absolute atomic E-state index is 0.101. The fourth-order valence-corrected chi connectivity index (χ4v) is 3.55. The van der Waals surface area contributed by atoms with E-state index in [1.807, 2.05) is 36.4 Å². The van der Waals surface area contributed by atoms with Crippen LogP contribution >= 0.6 is 55.1 Å². The summed E-state index contributed by atoms with van der Waals surface area (Å²) in [5.41, 5.74) is 2.64. The van der Waals surface area contributed by atoms with Crippen molar-refractivity contribution in [2.24, 2.45) is 0 Å². The molecule has 0 bridgehead atoms. The Morgan fingerprint density at radius 3 is 2.31 bits per heavy atom. The van der Waals surface area contributed by atoms with Gasteiger partial charge in [-0.1, -0.05) is 29.3 Å². The van der Waals surface area contributed by atoms with Crippen LogP contribution in [-0.4, -0.2) is 12.5 Å². The standard InChI is InChI=1S/C21H16Br2Cl2N2O2/c22-17-7-6-16(10-19(17)25)26-11-13-1-8-20(18(23)9-13)29-12-21(28)27-15-4-2-14(24)3-5-15/h1-10,26H,11-12H2,(H,27,28). The summed E-state index contributed by atoms with van der Waals surface area (Å²) < 4.78 is 7.24. The van der Waals surface area contributed by atoms with Crippen molar-refractivity contribution in [1.82, 2.24) is 0 Å². The van der Waals surface area contributed by atoms with Gasteiger partial charge in [-0.2, -0.15) is 0 Å². The fourth-order valence-electron chi connectivity index (χ4n) is 2.46. The molecule has 0 saturated heterocycles. The van der Waals surface area contributed by atoms with Gasteiger partial charge in [0.25, 0.3) is 5.91 Å². The van der Waals surface area contributed by atoms with E-state index in [0.29, 0.717) is 28.0 Å². The van der Waals surface area contributed by atoms with Crippen molar-refractivity contribution in [3.63, 3.8) is 0 Å². The van der Waals surface area contributed by atoms with E-state index < -0.39 is 0 Å². The van der Waals surface area contributed by atoms with Crippen LogP contribution in [0.3, 0.4) is 0 Å². The molecule has 0 unspecified atom stereocenters. The molecule has 0 atom stereocenters. The smallest absolute Gasteiger partial charge is 0.262 e. The summed E-state index contributed by atoms with van der Waals surface area (Å²) in [5.74, 6) is 0.337. The lowest BCUT2D eigenvalue weighted by molar-refractivity contribution is -0.118. The Bertz CT molecular complexity index is 1010. The van der Waals surface area contributed by atoms with E-state index in [4.69, 9.17) is 27.9 Å². The Morgan fingerprint density at radius 1 is 0.897 bits per heavy atom. The lowest BCUT2D eigenvalue weighted by atomic mass is 10.2. The first kappa shape index (κ1) is 22.0. The van der Waals surface area contributed by atoms with Gasteiger partial charge in [0.1, 0.15) is 5.75 Å². The van der Waals surface area contributed by atoms with Gasteiger partial charge in [-0.25, -0.2) is 0 Å². The maximum Gasteiger partial charge on any atom is 0.262 e. The summed E-state index contributed by atoms with van der Waals surface area (Å²) >= 11 is 18.8. The third-order valence-electron chi connectivity index (χ3n) is 3.90. The Balaban J connectivity index is 1.52. The number of hydrogen-bond acceptors (Lipinski definition) is 3. The van der Waals surface area contributed by atoms with Crippen molar-refractivity contribution in [1.29, 1.82) is 0 Å². The van der Waals surface area contributed by atoms with Crippen LogP contribution in [0, 0.1) is 0 Å². The molecule has 0 aromatic heterocycles. The molecular formula is C21H16Br2Cl2N2O2. The quantitative estimate of drug-likeness (QED) is 0.324. The lowest BCUT2D eigenvalue weighted by Crippen LogP contribution is -2.20. The van der Waals surface area contributed by atoms with Gasteiger partial charge in [0.05, 0.1) is 9.50 Å². The highest BCUT2D eigenvalue weighted by molar-refractivity contribution is 9.10. The first-order valence-electron chi connectivity index (χ1n) is 8.56. The molecule has 3 rings (SSSR count). The molecule has 3 aromatic carbocycles. The van der Waals surface area contributed by atoms with Gasteiger partial charge in [-0.3, -0.25) is 4.79 Å². The third-order valence-corrected chi connectivity index (χ3v) is 6.00. The van der Waals surface area contributed by atoms with Crippen molar-refractivity contribution in [3.05, 3.63) is 85.2 Å². The van der Waals surface area contributed by atoms with E-state index in [2.05, 4.69) is 42.5 Å². The van der Waals surface area contributed by atoms with Crippen molar-refractivity contribution in [2.75, 3.05) is 17.2 Å². The Kier molecular flexibility index (Phi) is 7.84. The number of amides is 1. The van der Waals surface area contributed by atoms with E-state index >= 15 is 0 Å². The molecule has 29 heavy (non-hydrogen) atoms. The molecule has 0 aliphatic heterocycles. The van der Waals surface area contributed by atoms with Crippen molar-refractivity contribution in [3.8, 4) is 5.75 Å². The summed E-state index contributed by atoms with van der Waals surface area (Å²) in [6, 6.07) is 18.3. The van der Waals surface area contributed by atoms with E-state index in [9.17, 15) is 4.79 Å². The Labute approximate surface area is 195 Å². The second kappa shape index (κ2) is 10.3. The van der Waals surface area contributed by atoms with Gasteiger partial charge in [-0.05, 0) is 92.0 Å². The topological polar surface area (TPSA) is 50.4 Å². The highest BCUT2D eigenvalue weighted by atomic mass is 79.9. The number of rotatable bonds is 7. The Hall–Kier alpha value is -1.73. The monoisotopic (exact) mass is 556 g/mol. The summed E-state index contributed by atoms with van der Waals surface area (Å²) in [4.78, 5) is 12.1. The largest absolute Gasteiger partial charge is 0.483 e. The average Bonchev–Trinajstić information content (AvgIpc) is 2.70. The molecule has 3 aromatic rings. The molecule has 0 heterocycles. The molecule has 8 heteroatoms. The molecule has 0 saturated carbocycles. The maximum atomic E-state index is 12.1. The van der Waals surface area contributed by atoms with Crippen LogP contribution in [0.25, 0.3) is 0 Å². The first-order valence-corrected chi connectivity index (χ1v) is 10.9. The molecular weight excluding hydrogens is 543 g/mol. The fraction of sp³-hybridized carbons (Fsp3) is 0.0952. The van der Waals surface area contributed by atoms with Gasteiger partial charge in [-0.15, -0.1) is 0 Å². The summed E-state index contributed by atoms with van der Waals surface area (Å²) in [5, 5.41) is 7.33. The van der Waals surface area contributed by atoms with Gasteiger partial charge in [0.15, 0.2) is 6.61 Å². The predicted molar refractivity (Wildman–Crippen MR) is 126 cm³/mol. The normalized spacial score (nSPS) is 10.5. The molecule has 2 N–H and O–H groups in total. The number of hydrogen-bond donors (Lipinski definition) is 2. The van der Waals surface area contributed by atoms with Crippen LogP contribution < -0.4 is 15.4 Å². The number of carbonyl (C=O) groups is 1. The number of halogens is 4. The molecule has 0 spiro atoms. The number of benzene rings is 3. The minimum Gasteiger partial charge on any atom is -0.483 e. The zero-order valence-corrected chi connectivity index (χ0v) is 19.7. The maximum absolute atomic E-state index is 12.1. The molecule has 0 aliphatic rings. The second-order valence-corrected chi connectivity index (χ2v) is 8.64. The highest BCUT2D eigenvalue weighted by Crippen LogP contribution is 2.28. The number of ether oxygens (including phenoxy) is 1. The van der Waals surface area contributed by atoms with Crippen molar-refractivity contribution >= 4 is 72.3 Å². The van der Waals surface area contributed by atoms with E-state index in [-0.39, 0.29) is 12.5 Å². The lowest BCUT2D eigenvalue weighted by Gasteiger charge is -2.12. The van der Waals surface area contributed by atoms with Crippen LogP contribution in [0.1, 0.15) is 5.56 Å². The molecule has 0 fully saturated rings. The van der Waals surface area contributed by atoms with E-state index in [1.54, 1.807) is 24.3 Å². The molecule has 150 valence electrons. The van der Waals surface area contributed by atoms with Crippen LogP contribution in [0.2, 0.25) is 10.0 Å². The number of carbonyl (C=O) groups excluding carboxylic acids is 1. The summed E-state index contributed by atoms with van der Waals surface area (Å²) in [6.45, 7) is 0.518. The molecule has 1 amide bonds. The van der Waals surface area contributed by atoms with Crippen molar-refractivity contribution < 1.29 is 9.53 Å². The molecule has 4 nitrogen and oxygen atoms in total. The van der Waals surface area contributed by atoms with Gasteiger partial charge in [0.2, 0.25) is 0 Å². The first-order chi connectivity index (χ1) is 13.9. The summed E-state index contributed by atoms with van der Waals surface area (Å²) in [7, 11) is 0. The average molecular weight is 559 g/mol. The van der Waals surface area contributed by atoms with E-state index in [1.165, 1.54) is 0 Å².